The van der Waals surface area contributed by atoms with Gasteiger partial charge in [0.15, 0.2) is 10.3 Å². The fourth-order valence-electron chi connectivity index (χ4n) is 2.97. The van der Waals surface area contributed by atoms with Gasteiger partial charge in [-0.15, -0.1) is 0 Å². The van der Waals surface area contributed by atoms with Gasteiger partial charge in [0.05, 0.1) is 38.5 Å². The Bertz CT molecular complexity index is 1200. The van der Waals surface area contributed by atoms with Crippen LogP contribution in [0.3, 0.4) is 0 Å². The molecule has 0 amide bonds. The van der Waals surface area contributed by atoms with E-state index >= 15 is 0 Å². The Morgan fingerprint density at radius 3 is 1.55 bits per heavy atom. The smallest absolute Gasteiger partial charge is 0.356 e. The average molecular weight is 529 g/mol. The minimum atomic E-state index is -1.75. The van der Waals surface area contributed by atoms with Crippen molar-refractivity contribution < 1.29 is 22.2 Å². The summed E-state index contributed by atoms with van der Waals surface area (Å²) in [5.74, 6) is 1.56. The first-order valence-electron chi connectivity index (χ1n) is 9.48. The van der Waals surface area contributed by atoms with Gasteiger partial charge in [0.25, 0.3) is 0 Å². The van der Waals surface area contributed by atoms with Gasteiger partial charge in [-0.2, -0.15) is 0 Å². The number of nitrogens with zero attached hydrogens (tertiary/aromatic N) is 4. The second-order valence-electron chi connectivity index (χ2n) is 6.54. The molecule has 3 aromatic heterocycles. The molecule has 0 spiro atoms. The van der Waals surface area contributed by atoms with Crippen molar-refractivity contribution in [3.63, 3.8) is 0 Å². The van der Waals surface area contributed by atoms with Crippen LogP contribution in [0.5, 0.6) is 0 Å². The fourth-order valence-corrected chi connectivity index (χ4v) is 4.55. The van der Waals surface area contributed by atoms with Crippen molar-refractivity contribution in [3.05, 3.63) is 93.4 Å². The van der Waals surface area contributed by atoms with Crippen LogP contribution < -0.4 is 0 Å². The van der Waals surface area contributed by atoms with Crippen molar-refractivity contribution in [2.75, 3.05) is 0 Å². The topological polar surface area (TPSA) is 136 Å². The van der Waals surface area contributed by atoms with Gasteiger partial charge in [0.2, 0.25) is 0 Å². The normalized spacial score (nSPS) is 10.4. The number of fused-ring (bicyclic) bond motifs is 2. The average Bonchev–Trinajstić information content (AvgIpc) is 3.39. The van der Waals surface area contributed by atoms with Gasteiger partial charge in [0.1, 0.15) is 0 Å². The molecule has 0 bridgehead atoms. The molecule has 33 heavy (non-hydrogen) atoms. The number of aromatic nitrogens is 5. The summed E-state index contributed by atoms with van der Waals surface area (Å²) in [6.45, 7) is 0. The number of thioether (sulfide) groups is 2. The zero-order chi connectivity index (χ0) is 22.3. The standard InChI is InChI=1S/C21H17N5S2.Cu.NO3/c1-2-9-17-16(8-1)23-20(24-17)27-12-14-6-5-7-15(22-14)13-28-21-25-18-10-3-4-11-19(18)26-21;;2-1(3)4/h1-11H,12-13H2,(H,23,24)(H,25,26);;/q;+1;-1. The van der Waals surface area contributed by atoms with E-state index in [1.54, 1.807) is 23.5 Å². The minimum Gasteiger partial charge on any atom is -0.356 e. The molecule has 2 N–H and O–H groups in total. The maximum Gasteiger partial charge on any atom is 1.00 e. The van der Waals surface area contributed by atoms with Crippen molar-refractivity contribution >= 4 is 45.6 Å². The quantitative estimate of drug-likeness (QED) is 0.133. The van der Waals surface area contributed by atoms with Crippen molar-refractivity contribution in [1.29, 1.82) is 0 Å². The Kier molecular flexibility index (Phi) is 8.72. The van der Waals surface area contributed by atoms with Crippen LogP contribution in [-0.4, -0.2) is 30.0 Å². The van der Waals surface area contributed by atoms with Crippen LogP contribution >= 0.6 is 23.5 Å². The number of imidazole rings is 2. The molecule has 5 aromatic rings. The van der Waals surface area contributed by atoms with E-state index in [0.29, 0.717) is 0 Å². The van der Waals surface area contributed by atoms with Crippen LogP contribution in [0.2, 0.25) is 0 Å². The Labute approximate surface area is 207 Å². The number of para-hydroxylation sites is 4. The molecule has 3 heterocycles. The predicted molar refractivity (Wildman–Crippen MR) is 126 cm³/mol. The van der Waals surface area contributed by atoms with E-state index in [4.69, 9.17) is 20.3 Å². The molecule has 0 saturated heterocycles. The van der Waals surface area contributed by atoms with Crippen LogP contribution in [0.1, 0.15) is 11.4 Å². The van der Waals surface area contributed by atoms with Crippen LogP contribution in [0.15, 0.2) is 77.0 Å². The van der Waals surface area contributed by atoms with Gasteiger partial charge in [-0.1, -0.05) is 53.9 Å². The van der Waals surface area contributed by atoms with E-state index in [1.807, 2.05) is 48.5 Å². The summed E-state index contributed by atoms with van der Waals surface area (Å²) in [7, 11) is 0. The molecule has 0 aliphatic heterocycles. The van der Waals surface area contributed by atoms with Crippen molar-refractivity contribution in [2.45, 2.75) is 21.8 Å². The monoisotopic (exact) mass is 528 g/mol. The molecule has 12 heteroatoms. The van der Waals surface area contributed by atoms with Crippen LogP contribution in [0.4, 0.5) is 0 Å². The minimum absolute atomic E-state index is 0. The zero-order valence-corrected chi connectivity index (χ0v) is 19.5. The Morgan fingerprint density at radius 1 is 0.697 bits per heavy atom. The van der Waals surface area contributed by atoms with E-state index in [2.05, 4.69) is 38.1 Å². The molecule has 9 nitrogen and oxygen atoms in total. The molecule has 0 fully saturated rings. The molecular formula is C21H17CuN6O3S2. The molecule has 0 radical (unpaired) electrons. The van der Waals surface area contributed by atoms with Gasteiger partial charge in [-0.25, -0.2) is 9.97 Å². The number of nitrogens with one attached hydrogen (secondary N) is 2. The third-order valence-corrected chi connectivity index (χ3v) is 6.13. The van der Waals surface area contributed by atoms with Gasteiger partial charge in [-0.3, -0.25) is 4.98 Å². The Hall–Kier alpha value is -3.05. The predicted octanol–water partition coefficient (Wildman–Crippen LogP) is 5.18. The number of hydrogen-bond acceptors (Lipinski definition) is 8. The van der Waals surface area contributed by atoms with E-state index in [0.717, 1.165) is 55.3 Å². The number of H-pyrrole nitrogens is 2. The molecule has 0 aliphatic rings. The second kappa shape index (κ2) is 11.7. The summed E-state index contributed by atoms with van der Waals surface area (Å²) in [5, 5.41) is 16.6. The summed E-state index contributed by atoms with van der Waals surface area (Å²) in [4.78, 5) is 29.0. The molecule has 172 valence electrons. The number of aromatic amines is 2. The number of hydrogen-bond donors (Lipinski definition) is 2. The van der Waals surface area contributed by atoms with Gasteiger partial charge in [-0.05, 0) is 36.4 Å². The number of rotatable bonds is 6. The first-order chi connectivity index (χ1) is 15.6. The zero-order valence-electron chi connectivity index (χ0n) is 16.9. The molecule has 0 saturated carbocycles. The van der Waals surface area contributed by atoms with E-state index < -0.39 is 5.09 Å². The van der Waals surface area contributed by atoms with E-state index in [9.17, 15) is 0 Å². The molecule has 0 atom stereocenters. The first kappa shape index (κ1) is 24.6. The summed E-state index contributed by atoms with van der Waals surface area (Å²) >= 11 is 3.34. The Balaban J connectivity index is 0.000000569. The van der Waals surface area contributed by atoms with Crippen LogP contribution in [0.25, 0.3) is 22.1 Å². The summed E-state index contributed by atoms with van der Waals surface area (Å²) in [6, 6.07) is 22.3. The van der Waals surface area contributed by atoms with Gasteiger partial charge < -0.3 is 25.3 Å². The number of pyridine rings is 1. The molecule has 0 unspecified atom stereocenters. The summed E-state index contributed by atoms with van der Waals surface area (Å²) in [5.41, 5.74) is 6.21. The first-order valence-corrected chi connectivity index (χ1v) is 11.5. The largest absolute Gasteiger partial charge is 1.00 e. The van der Waals surface area contributed by atoms with E-state index in [1.165, 1.54) is 0 Å². The van der Waals surface area contributed by atoms with Crippen LogP contribution in [-0.2, 0) is 28.6 Å². The maximum atomic E-state index is 8.25. The van der Waals surface area contributed by atoms with Crippen molar-refractivity contribution in [3.8, 4) is 0 Å². The summed E-state index contributed by atoms with van der Waals surface area (Å²) < 4.78 is 0. The molecule has 5 rings (SSSR count). The summed E-state index contributed by atoms with van der Waals surface area (Å²) in [6.07, 6.45) is 0. The van der Waals surface area contributed by atoms with Crippen LogP contribution in [0, 0.1) is 15.3 Å². The van der Waals surface area contributed by atoms with Gasteiger partial charge >= 0.3 is 17.1 Å². The third-order valence-electron chi connectivity index (χ3n) is 4.31. The Morgan fingerprint density at radius 2 is 1.12 bits per heavy atom. The van der Waals surface area contributed by atoms with E-state index in [-0.39, 0.29) is 17.1 Å². The second-order valence-corrected chi connectivity index (χ2v) is 8.47. The third kappa shape index (κ3) is 6.96. The SMILES string of the molecule is O=[N+]([O-])[O-].[Cu+].c1cc(CSc2nc3ccccc3[nH]2)nc(CSc2nc3ccccc3[nH]2)c1. The molecular weight excluding hydrogens is 512 g/mol. The molecule has 0 aliphatic carbocycles. The fraction of sp³-hybridized carbons (Fsp3) is 0.0952. The van der Waals surface area contributed by atoms with Crippen molar-refractivity contribution in [2.24, 2.45) is 0 Å². The maximum absolute atomic E-state index is 8.25. The van der Waals surface area contributed by atoms with Crippen molar-refractivity contribution in [1.82, 2.24) is 24.9 Å². The van der Waals surface area contributed by atoms with Gasteiger partial charge in [0, 0.05) is 11.5 Å². The molecule has 2 aromatic carbocycles. The number of benzene rings is 2.